The first-order valence-corrected chi connectivity index (χ1v) is 4.39. The van der Waals surface area contributed by atoms with Gasteiger partial charge in [0.25, 0.3) is 0 Å². The number of carbonyl (C=O) groups is 1. The van der Waals surface area contributed by atoms with E-state index in [0.717, 1.165) is 12.1 Å². The lowest BCUT2D eigenvalue weighted by atomic mass is 10.3. The Morgan fingerprint density at radius 2 is 2.50 bits per heavy atom. The Morgan fingerprint density at radius 1 is 1.71 bits per heavy atom. The van der Waals surface area contributed by atoms with E-state index in [-0.39, 0.29) is 5.91 Å². The summed E-state index contributed by atoms with van der Waals surface area (Å²) >= 11 is 0. The molecular weight excluding hydrogens is 178 g/mol. The molecule has 0 aliphatic carbocycles. The van der Waals surface area contributed by atoms with E-state index in [1.807, 2.05) is 6.92 Å². The molecule has 73 valence electrons. The van der Waals surface area contributed by atoms with Crippen molar-refractivity contribution in [1.29, 1.82) is 0 Å². The second-order valence-corrected chi connectivity index (χ2v) is 2.69. The van der Waals surface area contributed by atoms with Crippen molar-refractivity contribution >= 4 is 17.9 Å². The van der Waals surface area contributed by atoms with Gasteiger partial charge in [-0.05, 0) is 24.6 Å². The zero-order valence-corrected chi connectivity index (χ0v) is 8.24. The van der Waals surface area contributed by atoms with E-state index in [4.69, 9.17) is 0 Å². The summed E-state index contributed by atoms with van der Waals surface area (Å²) in [7, 11) is 0. The highest BCUT2D eigenvalue weighted by atomic mass is 16.1. The zero-order chi connectivity index (χ0) is 10.4. The molecular formula is C10H12N3O. The van der Waals surface area contributed by atoms with Gasteiger partial charge in [-0.1, -0.05) is 6.92 Å². The topological polar surface area (TPSA) is 54.9 Å². The van der Waals surface area contributed by atoms with Gasteiger partial charge in [-0.3, -0.25) is 10.1 Å². The third kappa shape index (κ3) is 3.35. The first kappa shape index (κ1) is 10.4. The van der Waals surface area contributed by atoms with Gasteiger partial charge in [0.15, 0.2) is 0 Å². The zero-order valence-electron chi connectivity index (χ0n) is 8.24. The largest absolute Gasteiger partial charge is 0.295 e. The van der Waals surface area contributed by atoms with Crippen LogP contribution >= 0.6 is 0 Å². The molecule has 0 atom stereocenters. The quantitative estimate of drug-likeness (QED) is 0.788. The first-order valence-electron chi connectivity index (χ1n) is 4.39. The summed E-state index contributed by atoms with van der Waals surface area (Å²) in [5.74, 6) is 0.148. The lowest BCUT2D eigenvalue weighted by Crippen LogP contribution is -2.09. The van der Waals surface area contributed by atoms with E-state index in [2.05, 4.69) is 21.4 Å². The molecule has 0 saturated heterocycles. The lowest BCUT2D eigenvalue weighted by Gasteiger charge is -1.99. The predicted molar refractivity (Wildman–Crippen MR) is 54.3 cm³/mol. The van der Waals surface area contributed by atoms with Crippen LogP contribution in [0.25, 0.3) is 6.08 Å². The average Bonchev–Trinajstić information content (AvgIpc) is 2.14. The number of aromatic nitrogens is 2. The van der Waals surface area contributed by atoms with E-state index in [9.17, 15) is 4.79 Å². The minimum Gasteiger partial charge on any atom is -0.295 e. The van der Waals surface area contributed by atoms with Crippen LogP contribution in [0.3, 0.4) is 0 Å². The standard InChI is InChI=1S/C10H12N3O/c1-3-4-5-9-6-7-11-10(13-9)12-8(2)14/h5-7H,3H2,1-2H3,(H,11,12,13,14). The van der Waals surface area contributed by atoms with Gasteiger partial charge in [0.05, 0.1) is 5.69 Å². The molecule has 0 fully saturated rings. The molecule has 0 unspecified atom stereocenters. The third-order valence-electron chi connectivity index (χ3n) is 1.42. The summed E-state index contributed by atoms with van der Waals surface area (Å²) in [6.45, 7) is 3.41. The summed E-state index contributed by atoms with van der Waals surface area (Å²) in [5.41, 5.74) is 0.741. The molecule has 1 N–H and O–H groups in total. The molecule has 1 heterocycles. The van der Waals surface area contributed by atoms with Gasteiger partial charge in [-0.25, -0.2) is 9.97 Å². The number of amides is 1. The fourth-order valence-electron chi connectivity index (χ4n) is 0.877. The molecule has 1 aromatic rings. The summed E-state index contributed by atoms with van der Waals surface area (Å²) in [6, 6.07) is 1.76. The normalized spacial score (nSPS) is 10.4. The smallest absolute Gasteiger partial charge is 0.229 e. The van der Waals surface area contributed by atoms with Crippen molar-refractivity contribution in [2.75, 3.05) is 5.32 Å². The Morgan fingerprint density at radius 3 is 3.14 bits per heavy atom. The maximum atomic E-state index is 10.7. The molecule has 0 aromatic carbocycles. The van der Waals surface area contributed by atoms with Crippen molar-refractivity contribution in [1.82, 2.24) is 9.97 Å². The third-order valence-corrected chi connectivity index (χ3v) is 1.42. The van der Waals surface area contributed by atoms with Crippen LogP contribution < -0.4 is 5.32 Å². The molecule has 0 aliphatic heterocycles. The Kier molecular flexibility index (Phi) is 3.79. The van der Waals surface area contributed by atoms with Crippen molar-refractivity contribution in [3.8, 4) is 0 Å². The molecule has 4 nitrogen and oxygen atoms in total. The summed E-state index contributed by atoms with van der Waals surface area (Å²) in [4.78, 5) is 18.7. The fraction of sp³-hybridized carbons (Fsp3) is 0.300. The number of hydrogen-bond acceptors (Lipinski definition) is 3. The van der Waals surface area contributed by atoms with Crippen molar-refractivity contribution in [3.63, 3.8) is 0 Å². The number of hydrogen-bond donors (Lipinski definition) is 1. The number of allylic oxidation sites excluding steroid dienone is 1. The van der Waals surface area contributed by atoms with E-state index in [1.165, 1.54) is 6.92 Å². The number of anilines is 1. The van der Waals surface area contributed by atoms with Crippen LogP contribution in [0, 0.1) is 6.08 Å². The Hall–Kier alpha value is -1.71. The summed E-state index contributed by atoms with van der Waals surface area (Å²) in [6.07, 6.45) is 7.22. The van der Waals surface area contributed by atoms with Gasteiger partial charge in [0.1, 0.15) is 0 Å². The molecule has 1 rings (SSSR count). The maximum Gasteiger partial charge on any atom is 0.229 e. The number of nitrogens with one attached hydrogen (secondary N) is 1. The Balaban J connectivity index is 2.78. The van der Waals surface area contributed by atoms with Crippen LogP contribution in [0.2, 0.25) is 0 Å². The molecule has 0 aliphatic rings. The number of rotatable bonds is 3. The van der Waals surface area contributed by atoms with Gasteiger partial charge in [0, 0.05) is 13.1 Å². The minimum atomic E-state index is -0.175. The molecule has 0 saturated carbocycles. The van der Waals surface area contributed by atoms with Crippen LogP contribution in [0.4, 0.5) is 5.95 Å². The molecule has 0 spiro atoms. The average molecular weight is 190 g/mol. The number of nitrogens with zero attached hydrogens (tertiary/aromatic N) is 2. The van der Waals surface area contributed by atoms with E-state index >= 15 is 0 Å². The van der Waals surface area contributed by atoms with E-state index in [1.54, 1.807) is 18.3 Å². The second-order valence-electron chi connectivity index (χ2n) is 2.69. The van der Waals surface area contributed by atoms with E-state index < -0.39 is 0 Å². The molecule has 1 amide bonds. The summed E-state index contributed by atoms with van der Waals surface area (Å²) in [5, 5.41) is 2.51. The molecule has 14 heavy (non-hydrogen) atoms. The van der Waals surface area contributed by atoms with Crippen molar-refractivity contribution in [2.24, 2.45) is 0 Å². The highest BCUT2D eigenvalue weighted by Crippen LogP contribution is 2.02. The maximum absolute atomic E-state index is 10.7. The summed E-state index contributed by atoms with van der Waals surface area (Å²) < 4.78 is 0. The van der Waals surface area contributed by atoms with Crippen LogP contribution in [-0.4, -0.2) is 15.9 Å². The van der Waals surface area contributed by atoms with Crippen molar-refractivity contribution in [3.05, 3.63) is 24.0 Å². The molecule has 0 bridgehead atoms. The monoisotopic (exact) mass is 190 g/mol. The van der Waals surface area contributed by atoms with Crippen molar-refractivity contribution < 1.29 is 4.79 Å². The van der Waals surface area contributed by atoms with Gasteiger partial charge in [-0.2, -0.15) is 0 Å². The fourth-order valence-corrected chi connectivity index (χ4v) is 0.877. The highest BCUT2D eigenvalue weighted by Gasteiger charge is 1.97. The van der Waals surface area contributed by atoms with Gasteiger partial charge < -0.3 is 0 Å². The van der Waals surface area contributed by atoms with Crippen LogP contribution in [0.1, 0.15) is 26.0 Å². The van der Waals surface area contributed by atoms with Gasteiger partial charge in [-0.15, -0.1) is 0 Å². The molecule has 1 aromatic heterocycles. The number of carbonyl (C=O) groups excluding carboxylic acids is 1. The van der Waals surface area contributed by atoms with Crippen LogP contribution in [-0.2, 0) is 4.79 Å². The van der Waals surface area contributed by atoms with Crippen LogP contribution in [0.5, 0.6) is 0 Å². The Labute approximate surface area is 83.1 Å². The van der Waals surface area contributed by atoms with Crippen LogP contribution in [0.15, 0.2) is 12.3 Å². The molecule has 4 heteroatoms. The minimum absolute atomic E-state index is 0.175. The second kappa shape index (κ2) is 5.11. The van der Waals surface area contributed by atoms with Gasteiger partial charge in [0.2, 0.25) is 11.9 Å². The lowest BCUT2D eigenvalue weighted by molar-refractivity contribution is -0.114. The highest BCUT2D eigenvalue weighted by molar-refractivity contribution is 5.86. The first-order chi connectivity index (χ1) is 6.72. The van der Waals surface area contributed by atoms with E-state index in [0.29, 0.717) is 5.95 Å². The SMILES string of the molecule is CC[C]=Cc1ccnc(NC(C)=O)n1. The molecule has 1 radical (unpaired) electrons. The van der Waals surface area contributed by atoms with Gasteiger partial charge >= 0.3 is 0 Å². The predicted octanol–water partition coefficient (Wildman–Crippen LogP) is 1.66. The van der Waals surface area contributed by atoms with Crippen molar-refractivity contribution in [2.45, 2.75) is 20.3 Å². The Bertz CT molecular complexity index is 347.